The molecule has 0 amide bonds. The van der Waals surface area contributed by atoms with E-state index in [0.29, 0.717) is 6.04 Å². The molecular weight excluding hydrogens is 232 g/mol. The van der Waals surface area contributed by atoms with Gasteiger partial charge < -0.3 is 10.6 Å². The smallest absolute Gasteiger partial charge is 0.00795 e. The van der Waals surface area contributed by atoms with Crippen LogP contribution in [0.25, 0.3) is 0 Å². The Hall–Kier alpha value is -0.0800. The highest BCUT2D eigenvalue weighted by Gasteiger charge is 2.31. The molecule has 19 heavy (non-hydrogen) atoms. The highest BCUT2D eigenvalue weighted by Crippen LogP contribution is 2.34. The van der Waals surface area contributed by atoms with Crippen molar-refractivity contribution in [3.05, 3.63) is 0 Å². The van der Waals surface area contributed by atoms with Crippen LogP contribution in [0, 0.1) is 23.7 Å². The molecule has 1 saturated heterocycles. The van der Waals surface area contributed by atoms with Crippen LogP contribution in [0.3, 0.4) is 0 Å². The third-order valence-electron chi connectivity index (χ3n) is 5.80. The zero-order valence-corrected chi connectivity index (χ0v) is 13.3. The van der Waals surface area contributed by atoms with Gasteiger partial charge in [-0.3, -0.25) is 0 Å². The van der Waals surface area contributed by atoms with Crippen LogP contribution in [-0.2, 0) is 0 Å². The molecule has 1 heterocycles. The second-order valence-corrected chi connectivity index (χ2v) is 7.39. The normalized spacial score (nSPS) is 34.9. The highest BCUT2D eigenvalue weighted by molar-refractivity contribution is 4.86. The summed E-state index contributed by atoms with van der Waals surface area (Å²) in [4.78, 5) is 2.69. The van der Waals surface area contributed by atoms with Crippen molar-refractivity contribution in [2.75, 3.05) is 19.6 Å². The summed E-state index contributed by atoms with van der Waals surface area (Å²) in [5, 5.41) is 0. The second-order valence-electron chi connectivity index (χ2n) is 7.39. The summed E-state index contributed by atoms with van der Waals surface area (Å²) < 4.78 is 0. The van der Waals surface area contributed by atoms with Crippen LogP contribution in [-0.4, -0.2) is 30.6 Å². The molecule has 2 rings (SSSR count). The molecule has 1 saturated carbocycles. The van der Waals surface area contributed by atoms with Gasteiger partial charge in [-0.2, -0.15) is 0 Å². The van der Waals surface area contributed by atoms with Crippen LogP contribution >= 0.6 is 0 Å². The average Bonchev–Trinajstić information content (AvgIpc) is 2.42. The fourth-order valence-electron chi connectivity index (χ4n) is 4.05. The molecule has 0 radical (unpaired) electrons. The zero-order chi connectivity index (χ0) is 13.8. The minimum Gasteiger partial charge on any atom is -0.327 e. The minimum atomic E-state index is 0.457. The number of hydrogen-bond donors (Lipinski definition) is 1. The molecule has 0 aromatic carbocycles. The molecule has 2 nitrogen and oxygen atoms in total. The van der Waals surface area contributed by atoms with E-state index in [1.807, 2.05) is 0 Å². The summed E-state index contributed by atoms with van der Waals surface area (Å²) in [5.74, 6) is 3.48. The first-order valence-electron chi connectivity index (χ1n) is 8.58. The van der Waals surface area contributed by atoms with Gasteiger partial charge in [-0.15, -0.1) is 0 Å². The molecule has 0 aromatic heterocycles. The van der Waals surface area contributed by atoms with Crippen LogP contribution in [0.15, 0.2) is 0 Å². The Balaban J connectivity index is 1.80. The van der Waals surface area contributed by atoms with Gasteiger partial charge in [0.1, 0.15) is 0 Å². The van der Waals surface area contributed by atoms with E-state index >= 15 is 0 Å². The summed E-state index contributed by atoms with van der Waals surface area (Å²) in [6, 6.07) is 0.457. The first-order valence-corrected chi connectivity index (χ1v) is 8.58. The first kappa shape index (κ1) is 15.3. The van der Waals surface area contributed by atoms with E-state index in [-0.39, 0.29) is 0 Å². The molecule has 0 spiro atoms. The standard InChI is InChI=1S/C17H34N2/c1-4-14-7-9-19(10-8-14)12-16-11-15(13(2)3)5-6-17(16)18/h13-17H,4-12,18H2,1-3H3. The number of piperidine rings is 1. The molecule has 1 aliphatic heterocycles. The Kier molecular flexibility index (Phi) is 5.70. The van der Waals surface area contributed by atoms with E-state index in [4.69, 9.17) is 5.73 Å². The molecule has 0 aromatic rings. The van der Waals surface area contributed by atoms with Crippen LogP contribution in [0.2, 0.25) is 0 Å². The van der Waals surface area contributed by atoms with Gasteiger partial charge in [0.2, 0.25) is 0 Å². The SMILES string of the molecule is CCC1CCN(CC2CC(C(C)C)CCC2N)CC1. The Labute approximate surface area is 120 Å². The van der Waals surface area contributed by atoms with Crippen molar-refractivity contribution in [3.63, 3.8) is 0 Å². The van der Waals surface area contributed by atoms with Crippen LogP contribution in [0.4, 0.5) is 0 Å². The van der Waals surface area contributed by atoms with Gasteiger partial charge in [-0.05, 0) is 68.9 Å². The highest BCUT2D eigenvalue weighted by atomic mass is 15.1. The second kappa shape index (κ2) is 7.08. The summed E-state index contributed by atoms with van der Waals surface area (Å²) >= 11 is 0. The number of likely N-dealkylation sites (tertiary alicyclic amines) is 1. The first-order chi connectivity index (χ1) is 9.10. The molecule has 2 fully saturated rings. The number of rotatable bonds is 4. The molecule has 2 heteroatoms. The Bertz CT molecular complexity index is 256. The van der Waals surface area contributed by atoms with Crippen molar-refractivity contribution in [2.45, 2.75) is 65.3 Å². The quantitative estimate of drug-likeness (QED) is 0.844. The summed E-state index contributed by atoms with van der Waals surface area (Å²) in [6.45, 7) is 11.0. The minimum absolute atomic E-state index is 0.457. The summed E-state index contributed by atoms with van der Waals surface area (Å²) in [7, 11) is 0. The van der Waals surface area contributed by atoms with E-state index < -0.39 is 0 Å². The Morgan fingerprint density at radius 1 is 1.11 bits per heavy atom. The van der Waals surface area contributed by atoms with Crippen LogP contribution in [0.5, 0.6) is 0 Å². The fourth-order valence-corrected chi connectivity index (χ4v) is 4.05. The molecule has 2 aliphatic rings. The van der Waals surface area contributed by atoms with E-state index in [1.54, 1.807) is 0 Å². The van der Waals surface area contributed by atoms with Gasteiger partial charge in [-0.1, -0.05) is 27.2 Å². The topological polar surface area (TPSA) is 29.3 Å². The zero-order valence-electron chi connectivity index (χ0n) is 13.3. The maximum atomic E-state index is 6.39. The van der Waals surface area contributed by atoms with E-state index in [1.165, 1.54) is 58.2 Å². The van der Waals surface area contributed by atoms with E-state index in [9.17, 15) is 0 Å². The van der Waals surface area contributed by atoms with Gasteiger partial charge in [0, 0.05) is 12.6 Å². The summed E-state index contributed by atoms with van der Waals surface area (Å²) in [6.07, 6.45) is 8.16. The van der Waals surface area contributed by atoms with Crippen LogP contribution in [0.1, 0.15) is 59.3 Å². The molecule has 0 bridgehead atoms. The molecule has 112 valence electrons. The Morgan fingerprint density at radius 2 is 1.79 bits per heavy atom. The molecule has 1 aliphatic carbocycles. The monoisotopic (exact) mass is 266 g/mol. The average molecular weight is 266 g/mol. The maximum Gasteiger partial charge on any atom is 0.00795 e. The largest absolute Gasteiger partial charge is 0.327 e. The molecule has 2 N–H and O–H groups in total. The molecule has 3 unspecified atom stereocenters. The predicted molar refractivity (Wildman–Crippen MR) is 83.1 cm³/mol. The van der Waals surface area contributed by atoms with Crippen molar-refractivity contribution in [2.24, 2.45) is 29.4 Å². The van der Waals surface area contributed by atoms with Crippen molar-refractivity contribution < 1.29 is 0 Å². The van der Waals surface area contributed by atoms with E-state index in [0.717, 1.165) is 23.7 Å². The summed E-state index contributed by atoms with van der Waals surface area (Å²) in [5.41, 5.74) is 6.39. The van der Waals surface area contributed by atoms with Gasteiger partial charge in [0.05, 0.1) is 0 Å². The number of nitrogens with zero attached hydrogens (tertiary/aromatic N) is 1. The lowest BCUT2D eigenvalue weighted by atomic mass is 9.73. The van der Waals surface area contributed by atoms with Gasteiger partial charge >= 0.3 is 0 Å². The molecule has 3 atom stereocenters. The maximum absolute atomic E-state index is 6.39. The lowest BCUT2D eigenvalue weighted by Gasteiger charge is -2.40. The van der Waals surface area contributed by atoms with Gasteiger partial charge in [0.15, 0.2) is 0 Å². The predicted octanol–water partition coefficient (Wildman–Crippen LogP) is 3.51. The molecular formula is C17H34N2. The van der Waals surface area contributed by atoms with Crippen molar-refractivity contribution >= 4 is 0 Å². The number of nitrogens with two attached hydrogens (primary N) is 1. The lowest BCUT2D eigenvalue weighted by Crippen LogP contribution is -2.45. The van der Waals surface area contributed by atoms with Gasteiger partial charge in [0.25, 0.3) is 0 Å². The lowest BCUT2D eigenvalue weighted by molar-refractivity contribution is 0.109. The Morgan fingerprint density at radius 3 is 2.37 bits per heavy atom. The number of hydrogen-bond acceptors (Lipinski definition) is 2. The third kappa shape index (κ3) is 4.19. The van der Waals surface area contributed by atoms with Crippen LogP contribution < -0.4 is 5.73 Å². The van der Waals surface area contributed by atoms with Gasteiger partial charge in [-0.25, -0.2) is 0 Å². The third-order valence-corrected chi connectivity index (χ3v) is 5.80. The van der Waals surface area contributed by atoms with E-state index in [2.05, 4.69) is 25.7 Å². The fraction of sp³-hybridized carbons (Fsp3) is 1.00. The van der Waals surface area contributed by atoms with Crippen molar-refractivity contribution in [3.8, 4) is 0 Å². The van der Waals surface area contributed by atoms with Crippen molar-refractivity contribution in [1.29, 1.82) is 0 Å². The van der Waals surface area contributed by atoms with Crippen molar-refractivity contribution in [1.82, 2.24) is 4.90 Å².